The van der Waals surface area contributed by atoms with Crippen LogP contribution < -0.4 is 4.72 Å². The quantitative estimate of drug-likeness (QED) is 0.427. The van der Waals surface area contributed by atoms with Gasteiger partial charge in [0.2, 0.25) is 10.0 Å². The van der Waals surface area contributed by atoms with E-state index in [9.17, 15) is 13.2 Å². The standard InChI is InChI=1S/C24H21N3O4S/c1-32(29,30)26-22-15-9-8-14-21(22)24(28)31-17-19-16-27(20-12-6-3-7-13-20)25-23(19)18-10-4-2-5-11-18/h2-16,26H,17H2,1H3. The minimum atomic E-state index is -3.54. The molecule has 0 aliphatic carbocycles. The van der Waals surface area contributed by atoms with E-state index in [1.165, 1.54) is 12.1 Å². The van der Waals surface area contributed by atoms with Gasteiger partial charge in [0.25, 0.3) is 0 Å². The van der Waals surface area contributed by atoms with Gasteiger partial charge in [-0.15, -0.1) is 0 Å². The molecule has 0 unspecified atom stereocenters. The van der Waals surface area contributed by atoms with Gasteiger partial charge in [-0.05, 0) is 24.3 Å². The maximum atomic E-state index is 12.8. The molecule has 0 saturated heterocycles. The SMILES string of the molecule is CS(=O)(=O)Nc1ccccc1C(=O)OCc1cn(-c2ccccc2)nc1-c1ccccc1. The largest absolute Gasteiger partial charge is 0.457 e. The second-order valence-corrected chi connectivity index (χ2v) is 8.89. The molecule has 0 aliphatic rings. The van der Waals surface area contributed by atoms with Crippen LogP contribution in [0.15, 0.2) is 91.1 Å². The summed E-state index contributed by atoms with van der Waals surface area (Å²) >= 11 is 0. The summed E-state index contributed by atoms with van der Waals surface area (Å²) in [6.07, 6.45) is 2.85. The first-order valence-electron chi connectivity index (χ1n) is 9.84. The maximum Gasteiger partial charge on any atom is 0.340 e. The topological polar surface area (TPSA) is 90.3 Å². The first kappa shape index (κ1) is 21.3. The van der Waals surface area contributed by atoms with Gasteiger partial charge in [0.1, 0.15) is 6.61 Å². The van der Waals surface area contributed by atoms with Crippen LogP contribution in [-0.4, -0.2) is 30.4 Å². The van der Waals surface area contributed by atoms with Crippen molar-refractivity contribution in [3.8, 4) is 16.9 Å². The number of sulfonamides is 1. The number of nitrogens with zero attached hydrogens (tertiary/aromatic N) is 2. The Kier molecular flexibility index (Phi) is 6.04. The third-order valence-corrected chi connectivity index (χ3v) is 5.25. The molecule has 0 aliphatic heterocycles. The fraction of sp³-hybridized carbons (Fsp3) is 0.0833. The summed E-state index contributed by atoms with van der Waals surface area (Å²) in [5.74, 6) is -0.636. The first-order chi connectivity index (χ1) is 15.4. The Hall–Kier alpha value is -3.91. The van der Waals surface area contributed by atoms with Crippen molar-refractivity contribution in [2.45, 2.75) is 6.61 Å². The number of hydrogen-bond donors (Lipinski definition) is 1. The average Bonchev–Trinajstić information content (AvgIpc) is 3.22. The van der Waals surface area contributed by atoms with E-state index >= 15 is 0 Å². The molecule has 4 aromatic rings. The highest BCUT2D eigenvalue weighted by molar-refractivity contribution is 7.92. The molecule has 0 saturated carbocycles. The summed E-state index contributed by atoms with van der Waals surface area (Å²) < 4.78 is 32.9. The average molecular weight is 448 g/mol. The van der Waals surface area contributed by atoms with Gasteiger partial charge < -0.3 is 4.74 Å². The fourth-order valence-electron chi connectivity index (χ4n) is 3.24. The van der Waals surface area contributed by atoms with Crippen molar-refractivity contribution in [1.82, 2.24) is 9.78 Å². The summed E-state index contributed by atoms with van der Waals surface area (Å²) in [7, 11) is -3.54. The van der Waals surface area contributed by atoms with E-state index in [-0.39, 0.29) is 17.9 Å². The van der Waals surface area contributed by atoms with Crippen molar-refractivity contribution in [3.63, 3.8) is 0 Å². The van der Waals surface area contributed by atoms with Crippen LogP contribution in [0.1, 0.15) is 15.9 Å². The third kappa shape index (κ3) is 5.04. The highest BCUT2D eigenvalue weighted by Crippen LogP contribution is 2.25. The Morgan fingerprint density at radius 2 is 1.56 bits per heavy atom. The third-order valence-electron chi connectivity index (χ3n) is 4.66. The van der Waals surface area contributed by atoms with Gasteiger partial charge in [0.15, 0.2) is 0 Å². The molecule has 1 heterocycles. The number of aromatic nitrogens is 2. The zero-order valence-electron chi connectivity index (χ0n) is 17.3. The molecule has 8 heteroatoms. The van der Waals surface area contributed by atoms with E-state index in [0.717, 1.165) is 23.1 Å². The van der Waals surface area contributed by atoms with Crippen LogP contribution in [0.3, 0.4) is 0 Å². The zero-order chi connectivity index (χ0) is 22.6. The monoisotopic (exact) mass is 447 g/mol. The lowest BCUT2D eigenvalue weighted by Gasteiger charge is -2.10. The van der Waals surface area contributed by atoms with E-state index < -0.39 is 16.0 Å². The number of hydrogen-bond acceptors (Lipinski definition) is 5. The smallest absolute Gasteiger partial charge is 0.340 e. The summed E-state index contributed by atoms with van der Waals surface area (Å²) in [6, 6.07) is 25.6. The van der Waals surface area contributed by atoms with Crippen LogP contribution in [0.4, 0.5) is 5.69 Å². The number of anilines is 1. The van der Waals surface area contributed by atoms with Gasteiger partial charge in [0.05, 0.1) is 28.9 Å². The summed E-state index contributed by atoms with van der Waals surface area (Å²) in [4.78, 5) is 12.8. The van der Waals surface area contributed by atoms with Crippen LogP contribution in [0.5, 0.6) is 0 Å². The molecule has 3 aromatic carbocycles. The summed E-state index contributed by atoms with van der Waals surface area (Å²) in [6.45, 7) is -0.0247. The minimum Gasteiger partial charge on any atom is -0.457 e. The van der Waals surface area contributed by atoms with Crippen LogP contribution in [0, 0.1) is 0 Å². The molecule has 0 radical (unpaired) electrons. The molecule has 1 N–H and O–H groups in total. The Morgan fingerprint density at radius 1 is 0.938 bits per heavy atom. The second kappa shape index (κ2) is 9.07. The lowest BCUT2D eigenvalue weighted by atomic mass is 10.1. The predicted octanol–water partition coefficient (Wildman–Crippen LogP) is 4.27. The van der Waals surface area contributed by atoms with E-state index in [4.69, 9.17) is 9.84 Å². The van der Waals surface area contributed by atoms with E-state index in [2.05, 4.69) is 4.72 Å². The second-order valence-electron chi connectivity index (χ2n) is 7.15. The van der Waals surface area contributed by atoms with Crippen molar-refractivity contribution in [3.05, 3.63) is 102 Å². The van der Waals surface area contributed by atoms with Crippen LogP contribution in [-0.2, 0) is 21.4 Å². The van der Waals surface area contributed by atoms with Crippen LogP contribution >= 0.6 is 0 Å². The number of para-hydroxylation sites is 2. The van der Waals surface area contributed by atoms with Gasteiger partial charge in [0, 0.05) is 17.3 Å². The Bertz CT molecular complexity index is 1330. The van der Waals surface area contributed by atoms with E-state index in [1.807, 2.05) is 66.9 Å². The van der Waals surface area contributed by atoms with Crippen molar-refractivity contribution >= 4 is 21.7 Å². The number of nitrogens with one attached hydrogen (secondary N) is 1. The van der Waals surface area contributed by atoms with E-state index in [1.54, 1.807) is 16.8 Å². The highest BCUT2D eigenvalue weighted by Gasteiger charge is 2.18. The van der Waals surface area contributed by atoms with Gasteiger partial charge in [-0.3, -0.25) is 4.72 Å². The Morgan fingerprint density at radius 3 is 2.25 bits per heavy atom. The number of benzene rings is 3. The van der Waals surface area contributed by atoms with Crippen molar-refractivity contribution in [2.24, 2.45) is 0 Å². The fourth-order valence-corrected chi connectivity index (χ4v) is 3.82. The number of rotatable bonds is 7. The Labute approximate surface area is 186 Å². The number of carbonyl (C=O) groups is 1. The van der Waals surface area contributed by atoms with Gasteiger partial charge >= 0.3 is 5.97 Å². The highest BCUT2D eigenvalue weighted by atomic mass is 32.2. The Balaban J connectivity index is 1.62. The van der Waals surface area contributed by atoms with Gasteiger partial charge in [-0.2, -0.15) is 5.10 Å². The predicted molar refractivity (Wildman–Crippen MR) is 123 cm³/mol. The van der Waals surface area contributed by atoms with Crippen molar-refractivity contribution in [1.29, 1.82) is 0 Å². The molecule has 0 bridgehead atoms. The number of carbonyl (C=O) groups excluding carboxylic acids is 1. The normalized spacial score (nSPS) is 11.2. The lowest BCUT2D eigenvalue weighted by molar-refractivity contribution is 0.0474. The summed E-state index contributed by atoms with van der Waals surface area (Å²) in [5.41, 5.74) is 3.50. The van der Waals surface area contributed by atoms with Crippen molar-refractivity contribution < 1.29 is 17.9 Å². The lowest BCUT2D eigenvalue weighted by Crippen LogP contribution is -2.14. The molecule has 1 aromatic heterocycles. The molecule has 0 atom stereocenters. The van der Waals surface area contributed by atoms with Crippen LogP contribution in [0.2, 0.25) is 0 Å². The van der Waals surface area contributed by atoms with Crippen molar-refractivity contribution in [2.75, 3.05) is 11.0 Å². The van der Waals surface area contributed by atoms with Crippen LogP contribution in [0.25, 0.3) is 16.9 Å². The molecule has 0 spiro atoms. The first-order valence-corrected chi connectivity index (χ1v) is 11.7. The number of ether oxygens (including phenoxy) is 1. The molecular formula is C24H21N3O4S. The molecule has 32 heavy (non-hydrogen) atoms. The molecule has 4 rings (SSSR count). The van der Waals surface area contributed by atoms with Gasteiger partial charge in [-0.1, -0.05) is 60.7 Å². The molecule has 0 fully saturated rings. The molecular weight excluding hydrogens is 426 g/mol. The molecule has 7 nitrogen and oxygen atoms in total. The number of esters is 1. The molecule has 162 valence electrons. The van der Waals surface area contributed by atoms with Gasteiger partial charge in [-0.25, -0.2) is 17.9 Å². The zero-order valence-corrected chi connectivity index (χ0v) is 18.1. The summed E-state index contributed by atoms with van der Waals surface area (Å²) in [5, 5.41) is 4.70. The minimum absolute atomic E-state index is 0.0247. The molecule has 0 amide bonds. The van der Waals surface area contributed by atoms with E-state index in [0.29, 0.717) is 5.69 Å². The maximum absolute atomic E-state index is 12.8.